The normalized spacial score (nSPS) is 12.3. The number of hydrogen-bond donors (Lipinski definition) is 1. The molecule has 1 atom stereocenters. The van der Waals surface area contributed by atoms with Crippen molar-refractivity contribution in [1.82, 2.24) is 10.3 Å². The van der Waals surface area contributed by atoms with Gasteiger partial charge in [-0.05, 0) is 37.4 Å². The van der Waals surface area contributed by atoms with E-state index in [0.717, 1.165) is 24.4 Å². The molecule has 0 spiro atoms. The highest BCUT2D eigenvalue weighted by atomic mass is 32.1. The van der Waals surface area contributed by atoms with Gasteiger partial charge >= 0.3 is 0 Å². The van der Waals surface area contributed by atoms with Crippen LogP contribution in [0.25, 0.3) is 0 Å². The molecule has 0 fully saturated rings. The van der Waals surface area contributed by atoms with Gasteiger partial charge in [-0.15, -0.1) is 11.3 Å². The summed E-state index contributed by atoms with van der Waals surface area (Å²) in [5.74, 6) is 0.729. The molecule has 19 heavy (non-hydrogen) atoms. The number of ether oxygens (including phenoxy) is 1. The van der Waals surface area contributed by atoms with E-state index in [1.165, 1.54) is 4.88 Å². The van der Waals surface area contributed by atoms with E-state index >= 15 is 0 Å². The Morgan fingerprint density at radius 1 is 1.37 bits per heavy atom. The van der Waals surface area contributed by atoms with E-state index < -0.39 is 0 Å². The molecule has 0 aliphatic heterocycles. The lowest BCUT2D eigenvalue weighted by Crippen LogP contribution is -2.20. The van der Waals surface area contributed by atoms with E-state index in [0.29, 0.717) is 6.61 Å². The Bertz CT molecular complexity index is 485. The minimum atomic E-state index is 0.256. The molecule has 2 rings (SSSR count). The fourth-order valence-corrected chi connectivity index (χ4v) is 2.47. The Morgan fingerprint density at radius 3 is 3.00 bits per heavy atom. The van der Waals surface area contributed by atoms with Crippen LogP contribution in [0, 0.1) is 0 Å². The van der Waals surface area contributed by atoms with Gasteiger partial charge in [0.1, 0.15) is 6.61 Å². The molecule has 3 nitrogen and oxygen atoms in total. The Morgan fingerprint density at radius 2 is 2.26 bits per heavy atom. The average Bonchev–Trinajstić information content (AvgIpc) is 2.96. The van der Waals surface area contributed by atoms with Crippen LogP contribution in [0.4, 0.5) is 0 Å². The monoisotopic (exact) mass is 276 g/mol. The summed E-state index contributed by atoms with van der Waals surface area (Å²) in [6.07, 6.45) is 2.90. The van der Waals surface area contributed by atoms with Crippen molar-refractivity contribution in [3.8, 4) is 5.88 Å². The summed E-state index contributed by atoms with van der Waals surface area (Å²) in [7, 11) is 0. The lowest BCUT2D eigenvalue weighted by Gasteiger charge is -2.16. The van der Waals surface area contributed by atoms with Gasteiger partial charge in [-0.3, -0.25) is 0 Å². The average molecular weight is 276 g/mol. The first-order valence-corrected chi connectivity index (χ1v) is 7.52. The molecule has 102 valence electrons. The molecule has 0 aromatic carbocycles. The minimum Gasteiger partial charge on any atom is -0.472 e. The maximum atomic E-state index is 5.84. The Hall–Kier alpha value is -1.39. The number of hydrogen-bond acceptors (Lipinski definition) is 4. The number of pyridine rings is 1. The zero-order valence-corrected chi connectivity index (χ0v) is 12.2. The topological polar surface area (TPSA) is 34.2 Å². The summed E-state index contributed by atoms with van der Waals surface area (Å²) in [6.45, 7) is 5.89. The van der Waals surface area contributed by atoms with Crippen LogP contribution in [0.5, 0.6) is 5.88 Å². The highest BCUT2D eigenvalue weighted by Crippen LogP contribution is 2.23. The van der Waals surface area contributed by atoms with Crippen molar-refractivity contribution < 1.29 is 4.74 Å². The molecule has 2 aromatic rings. The van der Waals surface area contributed by atoms with Crippen molar-refractivity contribution in [2.75, 3.05) is 6.54 Å². The molecule has 4 heteroatoms. The summed E-state index contributed by atoms with van der Waals surface area (Å²) in [5, 5.41) is 5.52. The van der Waals surface area contributed by atoms with E-state index in [9.17, 15) is 0 Å². The molecular formula is C15H20N2OS. The van der Waals surface area contributed by atoms with Crippen LogP contribution in [0.15, 0.2) is 35.8 Å². The molecule has 0 aliphatic rings. The third kappa shape index (κ3) is 4.04. The summed E-state index contributed by atoms with van der Waals surface area (Å²) in [6, 6.07) is 8.40. The van der Waals surface area contributed by atoms with Gasteiger partial charge < -0.3 is 10.1 Å². The molecule has 0 aliphatic carbocycles. The second-order valence-electron chi connectivity index (χ2n) is 4.44. The number of rotatable bonds is 7. The van der Waals surface area contributed by atoms with Crippen LogP contribution in [0.3, 0.4) is 0 Å². The first-order valence-electron chi connectivity index (χ1n) is 6.64. The Balaban J connectivity index is 2.03. The number of nitrogens with one attached hydrogen (secondary N) is 1. The molecule has 0 bridgehead atoms. The second-order valence-corrected chi connectivity index (χ2v) is 5.47. The maximum Gasteiger partial charge on any atom is 0.218 e. The maximum absolute atomic E-state index is 5.84. The highest BCUT2D eigenvalue weighted by Gasteiger charge is 2.12. The lowest BCUT2D eigenvalue weighted by molar-refractivity contribution is 0.290. The first kappa shape index (κ1) is 14.0. The molecule has 2 aromatic heterocycles. The van der Waals surface area contributed by atoms with Gasteiger partial charge in [-0.2, -0.15) is 0 Å². The molecule has 2 heterocycles. The number of aromatic nitrogens is 1. The molecule has 0 saturated carbocycles. The van der Waals surface area contributed by atoms with Gasteiger partial charge in [0.25, 0.3) is 0 Å². The molecule has 0 saturated heterocycles. The third-order valence-electron chi connectivity index (χ3n) is 2.90. The standard InChI is InChI=1S/C15H20N2OS/c1-3-8-16-12(2)14-7-4-9-17-15(14)18-11-13-6-5-10-19-13/h4-7,9-10,12,16H,3,8,11H2,1-2H3. The first-order chi connectivity index (χ1) is 9.31. The van der Waals surface area contributed by atoms with Gasteiger partial charge in [-0.1, -0.05) is 19.1 Å². The van der Waals surface area contributed by atoms with Crippen LogP contribution in [-0.4, -0.2) is 11.5 Å². The van der Waals surface area contributed by atoms with Crippen molar-refractivity contribution in [1.29, 1.82) is 0 Å². The minimum absolute atomic E-state index is 0.256. The largest absolute Gasteiger partial charge is 0.472 e. The molecule has 0 amide bonds. The van der Waals surface area contributed by atoms with Gasteiger partial charge in [0.15, 0.2) is 0 Å². The van der Waals surface area contributed by atoms with Crippen molar-refractivity contribution in [2.45, 2.75) is 32.9 Å². The van der Waals surface area contributed by atoms with Crippen LogP contribution < -0.4 is 10.1 Å². The van der Waals surface area contributed by atoms with Crippen molar-refractivity contribution in [3.05, 3.63) is 46.3 Å². The fourth-order valence-electron chi connectivity index (χ4n) is 1.86. The van der Waals surface area contributed by atoms with Crippen LogP contribution >= 0.6 is 11.3 Å². The quantitative estimate of drug-likeness (QED) is 0.835. The van der Waals surface area contributed by atoms with Gasteiger partial charge in [0.2, 0.25) is 5.88 Å². The molecule has 1 N–H and O–H groups in total. The highest BCUT2D eigenvalue weighted by molar-refractivity contribution is 7.09. The zero-order chi connectivity index (χ0) is 13.5. The smallest absolute Gasteiger partial charge is 0.218 e. The zero-order valence-electron chi connectivity index (χ0n) is 11.4. The Labute approximate surface area is 118 Å². The van der Waals surface area contributed by atoms with Crippen molar-refractivity contribution in [2.24, 2.45) is 0 Å². The van der Waals surface area contributed by atoms with Crippen LogP contribution in [0.1, 0.15) is 36.8 Å². The van der Waals surface area contributed by atoms with Crippen molar-refractivity contribution in [3.63, 3.8) is 0 Å². The number of thiophene rings is 1. The third-order valence-corrected chi connectivity index (χ3v) is 3.75. The van der Waals surface area contributed by atoms with Gasteiger partial charge in [0, 0.05) is 22.7 Å². The SMILES string of the molecule is CCCNC(C)c1cccnc1OCc1cccs1. The van der Waals surface area contributed by atoms with E-state index in [1.54, 1.807) is 17.5 Å². The molecule has 1 unspecified atom stereocenters. The van der Waals surface area contributed by atoms with Gasteiger partial charge in [0.05, 0.1) is 0 Å². The summed E-state index contributed by atoms with van der Waals surface area (Å²) in [4.78, 5) is 5.56. The number of nitrogens with zero attached hydrogens (tertiary/aromatic N) is 1. The van der Waals surface area contributed by atoms with E-state index in [4.69, 9.17) is 4.74 Å². The summed E-state index contributed by atoms with van der Waals surface area (Å²) >= 11 is 1.70. The molecule has 0 radical (unpaired) electrons. The van der Waals surface area contributed by atoms with Crippen molar-refractivity contribution >= 4 is 11.3 Å². The Kier molecular flexibility index (Phi) is 5.36. The van der Waals surface area contributed by atoms with Crippen LogP contribution in [-0.2, 0) is 6.61 Å². The van der Waals surface area contributed by atoms with E-state index in [1.807, 2.05) is 12.1 Å². The second kappa shape index (κ2) is 7.26. The molecular weight excluding hydrogens is 256 g/mol. The lowest BCUT2D eigenvalue weighted by atomic mass is 10.1. The summed E-state index contributed by atoms with van der Waals surface area (Å²) < 4.78 is 5.84. The summed E-state index contributed by atoms with van der Waals surface area (Å²) in [5.41, 5.74) is 1.12. The van der Waals surface area contributed by atoms with Crippen LogP contribution in [0.2, 0.25) is 0 Å². The fraction of sp³-hybridized carbons (Fsp3) is 0.400. The van der Waals surface area contributed by atoms with Gasteiger partial charge in [-0.25, -0.2) is 4.98 Å². The van der Waals surface area contributed by atoms with E-state index in [2.05, 4.69) is 41.7 Å². The predicted octanol–water partition coefficient (Wildman–Crippen LogP) is 3.78. The predicted molar refractivity (Wildman–Crippen MR) is 79.6 cm³/mol. The van der Waals surface area contributed by atoms with E-state index in [-0.39, 0.29) is 6.04 Å².